The Kier molecular flexibility index (Phi) is 6.30. The van der Waals surface area contributed by atoms with E-state index in [4.69, 9.17) is 0 Å². The molecule has 3 unspecified atom stereocenters. The Bertz CT molecular complexity index is 1000. The molecule has 28 heavy (non-hydrogen) atoms. The molecule has 6 heteroatoms. The van der Waals surface area contributed by atoms with Crippen molar-refractivity contribution in [3.63, 3.8) is 0 Å². The monoisotopic (exact) mass is 397 g/mol. The van der Waals surface area contributed by atoms with Crippen LogP contribution in [-0.2, 0) is 9.36 Å². The average Bonchev–Trinajstić information content (AvgIpc) is 2.70. The van der Waals surface area contributed by atoms with Crippen LogP contribution in [-0.4, -0.2) is 16.0 Å². The summed E-state index contributed by atoms with van der Waals surface area (Å²) < 4.78 is 13.4. The number of hydrogen-bond donors (Lipinski definition) is 3. The van der Waals surface area contributed by atoms with Crippen LogP contribution in [0.5, 0.6) is 0 Å². The van der Waals surface area contributed by atoms with E-state index in [0.717, 1.165) is 16.3 Å². The minimum atomic E-state index is -4.05. The van der Waals surface area contributed by atoms with Gasteiger partial charge in [0, 0.05) is 0 Å². The lowest BCUT2D eigenvalue weighted by molar-refractivity contribution is -0.139. The Morgan fingerprint density at radius 3 is 2.32 bits per heavy atom. The van der Waals surface area contributed by atoms with E-state index in [-0.39, 0.29) is 0 Å². The van der Waals surface area contributed by atoms with Gasteiger partial charge in [0.2, 0.25) is 0 Å². The van der Waals surface area contributed by atoms with Crippen molar-refractivity contribution in [2.24, 2.45) is 0 Å². The first-order chi connectivity index (χ1) is 13.4. The van der Waals surface area contributed by atoms with Crippen LogP contribution in [0.1, 0.15) is 42.6 Å². The molecule has 0 heterocycles. The third-order valence-electron chi connectivity index (χ3n) is 4.86. The Hall–Kier alpha value is -2.46. The predicted molar refractivity (Wildman–Crippen MR) is 111 cm³/mol. The lowest BCUT2D eigenvalue weighted by Gasteiger charge is -2.27. The lowest BCUT2D eigenvalue weighted by Crippen LogP contribution is -2.28. The molecule has 3 atom stereocenters. The van der Waals surface area contributed by atoms with Crippen molar-refractivity contribution in [3.05, 3.63) is 83.9 Å². The largest absolute Gasteiger partial charge is 0.480 e. The summed E-state index contributed by atoms with van der Waals surface area (Å²) in [4.78, 5) is 22.8. The second kappa shape index (κ2) is 8.70. The zero-order chi connectivity index (χ0) is 20.1. The zero-order valence-corrected chi connectivity index (χ0v) is 16.5. The molecule has 0 aliphatic heterocycles. The van der Waals surface area contributed by atoms with Gasteiger partial charge in [0.1, 0.15) is 6.04 Å². The summed E-state index contributed by atoms with van der Waals surface area (Å²) in [6.45, 7) is 1.95. The summed E-state index contributed by atoms with van der Waals surface area (Å²) in [6, 6.07) is 20.6. The van der Waals surface area contributed by atoms with Crippen LogP contribution in [0.15, 0.2) is 72.8 Å². The van der Waals surface area contributed by atoms with Crippen LogP contribution >= 0.6 is 7.52 Å². The first-order valence-electron chi connectivity index (χ1n) is 9.29. The minimum Gasteiger partial charge on any atom is -0.480 e. The molecule has 0 aliphatic carbocycles. The third-order valence-corrected chi connectivity index (χ3v) is 6.87. The van der Waals surface area contributed by atoms with Gasteiger partial charge in [-0.2, -0.15) is 0 Å². The van der Waals surface area contributed by atoms with Gasteiger partial charge >= 0.3 is 5.97 Å². The maximum atomic E-state index is 13.4. The molecule has 0 aliphatic rings. The standard InChI is InChI=1S/C22H24NO4P/c1-2-9-20(19-15-8-13-16-10-6-7-14-18(16)19)28(26,27)23-21(22(24)25)17-11-4-3-5-12-17/h3-8,10-15,20-21H,2,9H2,1H3,(H,24,25)(H2,23,26,27). The van der Waals surface area contributed by atoms with Crippen LogP contribution in [0.4, 0.5) is 0 Å². The second-order valence-corrected chi connectivity index (χ2v) is 8.93. The molecule has 0 saturated heterocycles. The minimum absolute atomic E-state index is 0.442. The number of aliphatic carboxylic acids is 1. The number of benzene rings is 3. The fourth-order valence-corrected chi connectivity index (χ4v) is 5.55. The summed E-state index contributed by atoms with van der Waals surface area (Å²) in [6.07, 6.45) is 1.17. The van der Waals surface area contributed by atoms with Crippen molar-refractivity contribution < 1.29 is 19.4 Å². The summed E-state index contributed by atoms with van der Waals surface area (Å²) in [7, 11) is -4.05. The van der Waals surface area contributed by atoms with E-state index in [9.17, 15) is 19.4 Å². The van der Waals surface area contributed by atoms with Crippen LogP contribution in [0.3, 0.4) is 0 Å². The molecule has 0 fully saturated rings. The van der Waals surface area contributed by atoms with Crippen molar-refractivity contribution >= 4 is 24.3 Å². The number of hydrogen-bond acceptors (Lipinski definition) is 2. The Balaban J connectivity index is 2.02. The lowest BCUT2D eigenvalue weighted by atomic mass is 10.00. The summed E-state index contributed by atoms with van der Waals surface area (Å²) >= 11 is 0. The molecule has 146 valence electrons. The summed E-state index contributed by atoms with van der Waals surface area (Å²) in [5.41, 5.74) is 0.502. The van der Waals surface area contributed by atoms with E-state index in [1.165, 1.54) is 0 Å². The van der Waals surface area contributed by atoms with Crippen LogP contribution in [0, 0.1) is 0 Å². The fourth-order valence-electron chi connectivity index (χ4n) is 3.53. The zero-order valence-electron chi connectivity index (χ0n) is 15.7. The molecule has 0 bridgehead atoms. The number of fused-ring (bicyclic) bond motifs is 1. The highest BCUT2D eigenvalue weighted by molar-refractivity contribution is 7.56. The number of rotatable bonds is 8. The topological polar surface area (TPSA) is 86.6 Å². The van der Waals surface area contributed by atoms with Gasteiger partial charge < -0.3 is 10.00 Å². The molecule has 0 aromatic heterocycles. The first-order valence-corrected chi connectivity index (χ1v) is 11.0. The average molecular weight is 397 g/mol. The summed E-state index contributed by atoms with van der Waals surface area (Å²) in [5, 5.41) is 14.1. The van der Waals surface area contributed by atoms with E-state index in [0.29, 0.717) is 18.4 Å². The van der Waals surface area contributed by atoms with E-state index >= 15 is 0 Å². The SMILES string of the molecule is CCCC(c1cccc2ccccc12)P(=O)(O)NC(C(=O)O)c1ccccc1. The van der Waals surface area contributed by atoms with Gasteiger partial charge in [0.25, 0.3) is 7.52 Å². The van der Waals surface area contributed by atoms with E-state index < -0.39 is 25.2 Å². The molecule has 3 aromatic carbocycles. The number of carbonyl (C=O) groups is 1. The van der Waals surface area contributed by atoms with Crippen molar-refractivity contribution in [2.45, 2.75) is 31.5 Å². The molecular formula is C22H24NO4P. The Labute approximate surface area is 164 Å². The van der Waals surface area contributed by atoms with Gasteiger partial charge in [0.15, 0.2) is 0 Å². The van der Waals surface area contributed by atoms with Crippen molar-refractivity contribution in [1.82, 2.24) is 5.09 Å². The van der Waals surface area contributed by atoms with Gasteiger partial charge in [-0.3, -0.25) is 9.36 Å². The summed E-state index contributed by atoms with van der Waals surface area (Å²) in [5.74, 6) is -1.19. The molecule has 3 rings (SSSR count). The van der Waals surface area contributed by atoms with Gasteiger partial charge in [-0.05, 0) is 28.3 Å². The highest BCUT2D eigenvalue weighted by Gasteiger charge is 2.37. The first kappa shape index (κ1) is 20.3. The molecule has 3 N–H and O–H groups in total. The fraction of sp³-hybridized carbons (Fsp3) is 0.227. The van der Waals surface area contributed by atoms with Gasteiger partial charge in [0.05, 0.1) is 5.66 Å². The highest BCUT2D eigenvalue weighted by atomic mass is 31.2. The van der Waals surface area contributed by atoms with Gasteiger partial charge in [-0.1, -0.05) is 86.1 Å². The van der Waals surface area contributed by atoms with Crippen LogP contribution in [0.25, 0.3) is 10.8 Å². The maximum Gasteiger partial charge on any atom is 0.325 e. The quantitative estimate of drug-likeness (QED) is 0.450. The molecule has 5 nitrogen and oxygen atoms in total. The van der Waals surface area contributed by atoms with E-state index in [1.807, 2.05) is 49.4 Å². The molecular weight excluding hydrogens is 373 g/mol. The van der Waals surface area contributed by atoms with E-state index in [2.05, 4.69) is 5.09 Å². The normalized spacial score (nSPS) is 15.6. The number of carboxylic acids is 1. The molecule has 0 saturated carbocycles. The second-order valence-electron chi connectivity index (χ2n) is 6.81. The molecule has 0 amide bonds. The van der Waals surface area contributed by atoms with Gasteiger partial charge in [-0.25, -0.2) is 5.09 Å². The third kappa shape index (κ3) is 4.33. The molecule has 0 radical (unpaired) electrons. The van der Waals surface area contributed by atoms with Crippen molar-refractivity contribution in [3.8, 4) is 0 Å². The Morgan fingerprint density at radius 2 is 1.64 bits per heavy atom. The number of carboxylic acid groups (broad SMARTS) is 1. The van der Waals surface area contributed by atoms with Gasteiger partial charge in [-0.15, -0.1) is 0 Å². The van der Waals surface area contributed by atoms with E-state index in [1.54, 1.807) is 30.3 Å². The maximum absolute atomic E-state index is 13.4. The smallest absolute Gasteiger partial charge is 0.325 e. The molecule has 3 aromatic rings. The Morgan fingerprint density at radius 1 is 1.00 bits per heavy atom. The predicted octanol–water partition coefficient (Wildman–Crippen LogP) is 5.28. The number of nitrogens with one attached hydrogen (secondary N) is 1. The van der Waals surface area contributed by atoms with Crippen LogP contribution in [0.2, 0.25) is 0 Å². The van der Waals surface area contributed by atoms with Crippen molar-refractivity contribution in [2.75, 3.05) is 0 Å². The van der Waals surface area contributed by atoms with Crippen molar-refractivity contribution in [1.29, 1.82) is 0 Å². The van der Waals surface area contributed by atoms with Crippen LogP contribution < -0.4 is 5.09 Å². The highest BCUT2D eigenvalue weighted by Crippen LogP contribution is 2.57. The molecule has 0 spiro atoms.